The molecule has 0 radical (unpaired) electrons. The topological polar surface area (TPSA) is 62.5 Å². The first-order chi connectivity index (χ1) is 13.2. The Labute approximate surface area is 179 Å². The highest BCUT2D eigenvalue weighted by Crippen LogP contribution is 2.17. The standard InChI is InChI=1S/C20H20F2N4O.HI/c1-2-23-20(24-11-15-10-16(21)8-9-18(15)22)25-12-17-13-27-19(26-17)14-6-4-3-5-7-14;/h3-10,13H,2,11-12H2,1H3,(H2,23,24,25);1H. The highest BCUT2D eigenvalue weighted by molar-refractivity contribution is 14.0. The molecule has 3 rings (SSSR count). The van der Waals surface area contributed by atoms with Gasteiger partial charge >= 0.3 is 0 Å². The molecule has 8 heteroatoms. The van der Waals surface area contributed by atoms with E-state index < -0.39 is 11.6 Å². The summed E-state index contributed by atoms with van der Waals surface area (Å²) in [6, 6.07) is 12.9. The Balaban J connectivity index is 0.00000280. The number of nitrogens with zero attached hydrogens (tertiary/aromatic N) is 2. The van der Waals surface area contributed by atoms with Gasteiger partial charge in [-0.3, -0.25) is 0 Å². The number of nitrogens with one attached hydrogen (secondary N) is 2. The van der Waals surface area contributed by atoms with E-state index in [2.05, 4.69) is 20.6 Å². The van der Waals surface area contributed by atoms with Crippen LogP contribution in [0.25, 0.3) is 11.5 Å². The van der Waals surface area contributed by atoms with Gasteiger partial charge in [-0.15, -0.1) is 24.0 Å². The summed E-state index contributed by atoms with van der Waals surface area (Å²) in [7, 11) is 0. The lowest BCUT2D eigenvalue weighted by Crippen LogP contribution is -2.36. The monoisotopic (exact) mass is 498 g/mol. The summed E-state index contributed by atoms with van der Waals surface area (Å²) in [4.78, 5) is 8.73. The predicted molar refractivity (Wildman–Crippen MR) is 115 cm³/mol. The van der Waals surface area contributed by atoms with Crippen LogP contribution in [0.15, 0.2) is 64.2 Å². The van der Waals surface area contributed by atoms with Crippen LogP contribution in [0.4, 0.5) is 8.78 Å². The van der Waals surface area contributed by atoms with Crippen molar-refractivity contribution < 1.29 is 13.2 Å². The van der Waals surface area contributed by atoms with Crippen molar-refractivity contribution in [2.24, 2.45) is 4.99 Å². The summed E-state index contributed by atoms with van der Waals surface area (Å²) in [6.07, 6.45) is 1.57. The minimum Gasteiger partial charge on any atom is -0.444 e. The Kier molecular flexibility index (Phi) is 8.37. The van der Waals surface area contributed by atoms with E-state index in [4.69, 9.17) is 4.42 Å². The molecular weight excluding hydrogens is 477 g/mol. The lowest BCUT2D eigenvalue weighted by atomic mass is 10.2. The zero-order valence-electron chi connectivity index (χ0n) is 15.3. The van der Waals surface area contributed by atoms with Crippen molar-refractivity contribution in [3.63, 3.8) is 0 Å². The minimum absolute atomic E-state index is 0. The first kappa shape index (κ1) is 21.8. The third-order valence-corrected chi connectivity index (χ3v) is 3.77. The molecule has 5 nitrogen and oxygen atoms in total. The van der Waals surface area contributed by atoms with Gasteiger partial charge < -0.3 is 15.1 Å². The van der Waals surface area contributed by atoms with Crippen LogP contribution in [0, 0.1) is 11.6 Å². The molecule has 3 aromatic rings. The second kappa shape index (κ2) is 10.7. The van der Waals surface area contributed by atoms with E-state index in [0.717, 1.165) is 23.8 Å². The number of rotatable bonds is 6. The number of hydrogen-bond acceptors (Lipinski definition) is 3. The number of halogens is 3. The first-order valence-electron chi connectivity index (χ1n) is 8.61. The van der Waals surface area contributed by atoms with Crippen LogP contribution in [-0.4, -0.2) is 17.5 Å². The van der Waals surface area contributed by atoms with E-state index >= 15 is 0 Å². The normalized spacial score (nSPS) is 11.0. The zero-order chi connectivity index (χ0) is 19.1. The van der Waals surface area contributed by atoms with Crippen molar-refractivity contribution in [3.05, 3.63) is 77.7 Å². The fraction of sp³-hybridized carbons (Fsp3) is 0.200. The van der Waals surface area contributed by atoms with E-state index in [0.29, 0.717) is 30.6 Å². The molecule has 2 aromatic carbocycles. The van der Waals surface area contributed by atoms with E-state index in [1.165, 1.54) is 0 Å². The lowest BCUT2D eigenvalue weighted by Gasteiger charge is -2.10. The fourth-order valence-corrected chi connectivity index (χ4v) is 2.45. The van der Waals surface area contributed by atoms with Gasteiger partial charge in [-0.1, -0.05) is 18.2 Å². The molecule has 0 aliphatic heterocycles. The molecule has 0 bridgehead atoms. The Bertz CT molecular complexity index is 916. The Hall–Kier alpha value is -2.49. The molecule has 0 spiro atoms. The SMILES string of the molecule is CCNC(=NCc1cc(F)ccc1F)NCc1coc(-c2ccccc2)n1.I. The highest BCUT2D eigenvalue weighted by Gasteiger charge is 2.08. The summed E-state index contributed by atoms with van der Waals surface area (Å²) in [5, 5.41) is 6.17. The summed E-state index contributed by atoms with van der Waals surface area (Å²) in [5.41, 5.74) is 1.79. The second-order valence-electron chi connectivity index (χ2n) is 5.79. The van der Waals surface area contributed by atoms with Crippen LogP contribution in [0.2, 0.25) is 0 Å². The van der Waals surface area contributed by atoms with Gasteiger partial charge in [0.15, 0.2) is 5.96 Å². The molecule has 1 aromatic heterocycles. The van der Waals surface area contributed by atoms with Crippen molar-refractivity contribution in [2.75, 3.05) is 6.54 Å². The number of aliphatic imine (C=N–C) groups is 1. The molecule has 0 atom stereocenters. The quantitative estimate of drug-likeness (QED) is 0.299. The molecule has 0 unspecified atom stereocenters. The van der Waals surface area contributed by atoms with Gasteiger partial charge in [0.2, 0.25) is 5.89 Å². The summed E-state index contributed by atoms with van der Waals surface area (Å²) >= 11 is 0. The van der Waals surface area contributed by atoms with Crippen LogP contribution in [0.3, 0.4) is 0 Å². The zero-order valence-corrected chi connectivity index (χ0v) is 17.6. The molecule has 0 fully saturated rings. The van der Waals surface area contributed by atoms with Crippen LogP contribution < -0.4 is 10.6 Å². The maximum atomic E-state index is 13.7. The largest absolute Gasteiger partial charge is 0.444 e. The van der Waals surface area contributed by atoms with Crippen molar-refractivity contribution >= 4 is 29.9 Å². The Morgan fingerprint density at radius 2 is 1.89 bits per heavy atom. The van der Waals surface area contributed by atoms with E-state index in [9.17, 15) is 8.78 Å². The highest BCUT2D eigenvalue weighted by atomic mass is 127. The van der Waals surface area contributed by atoms with Gasteiger partial charge in [-0.2, -0.15) is 0 Å². The van der Waals surface area contributed by atoms with Crippen LogP contribution in [0.5, 0.6) is 0 Å². The van der Waals surface area contributed by atoms with Gasteiger partial charge in [-0.05, 0) is 37.3 Å². The lowest BCUT2D eigenvalue weighted by molar-refractivity contribution is 0.572. The third kappa shape index (κ3) is 6.01. The van der Waals surface area contributed by atoms with Gasteiger partial charge in [-0.25, -0.2) is 18.8 Å². The minimum atomic E-state index is -0.490. The molecule has 0 saturated heterocycles. The van der Waals surface area contributed by atoms with E-state index in [1.54, 1.807) is 6.26 Å². The number of hydrogen-bond donors (Lipinski definition) is 2. The van der Waals surface area contributed by atoms with Gasteiger partial charge in [0, 0.05) is 17.7 Å². The maximum Gasteiger partial charge on any atom is 0.226 e. The number of aromatic nitrogens is 1. The summed E-state index contributed by atoms with van der Waals surface area (Å²) in [6.45, 7) is 2.95. The third-order valence-electron chi connectivity index (χ3n) is 3.77. The average molecular weight is 498 g/mol. The number of guanidine groups is 1. The second-order valence-corrected chi connectivity index (χ2v) is 5.79. The summed E-state index contributed by atoms with van der Waals surface area (Å²) < 4.78 is 32.5. The van der Waals surface area contributed by atoms with Crippen LogP contribution in [0.1, 0.15) is 18.2 Å². The molecule has 0 amide bonds. The van der Waals surface area contributed by atoms with Crippen LogP contribution >= 0.6 is 24.0 Å². The predicted octanol–water partition coefficient (Wildman–Crippen LogP) is 4.49. The smallest absolute Gasteiger partial charge is 0.226 e. The molecular formula is C20H21F2IN4O. The summed E-state index contributed by atoms with van der Waals surface area (Å²) in [5.74, 6) is 0.0391. The molecule has 0 aliphatic carbocycles. The van der Waals surface area contributed by atoms with Crippen molar-refractivity contribution in [1.29, 1.82) is 0 Å². The molecule has 2 N–H and O–H groups in total. The van der Waals surface area contributed by atoms with E-state index in [1.807, 2.05) is 37.3 Å². The van der Waals surface area contributed by atoms with Gasteiger partial charge in [0.05, 0.1) is 18.8 Å². The van der Waals surface area contributed by atoms with Crippen molar-refractivity contribution in [3.8, 4) is 11.5 Å². The van der Waals surface area contributed by atoms with Gasteiger partial charge in [0.25, 0.3) is 0 Å². The molecule has 0 saturated carbocycles. The Morgan fingerprint density at radius 1 is 1.11 bits per heavy atom. The first-order valence-corrected chi connectivity index (χ1v) is 8.61. The van der Waals surface area contributed by atoms with Crippen LogP contribution in [-0.2, 0) is 13.1 Å². The van der Waals surface area contributed by atoms with E-state index in [-0.39, 0.29) is 36.1 Å². The fourth-order valence-electron chi connectivity index (χ4n) is 2.45. The van der Waals surface area contributed by atoms with Crippen molar-refractivity contribution in [1.82, 2.24) is 15.6 Å². The molecule has 0 aliphatic rings. The molecule has 1 heterocycles. The van der Waals surface area contributed by atoms with Crippen molar-refractivity contribution in [2.45, 2.75) is 20.0 Å². The molecule has 148 valence electrons. The number of benzene rings is 2. The maximum absolute atomic E-state index is 13.7. The number of oxazole rings is 1. The average Bonchev–Trinajstić information content (AvgIpc) is 3.16. The molecule has 28 heavy (non-hydrogen) atoms. The Morgan fingerprint density at radius 3 is 2.64 bits per heavy atom. The van der Waals surface area contributed by atoms with Gasteiger partial charge in [0.1, 0.15) is 17.9 Å².